The lowest BCUT2D eigenvalue weighted by Crippen LogP contribution is -2.48. The second-order valence-corrected chi connectivity index (χ2v) is 30.7. The highest BCUT2D eigenvalue weighted by molar-refractivity contribution is 6.74. The Morgan fingerprint density at radius 2 is 1.31 bits per heavy atom. The van der Waals surface area contributed by atoms with E-state index in [9.17, 15) is 0 Å². The number of ether oxygens (including phenoxy) is 1. The van der Waals surface area contributed by atoms with Gasteiger partial charge in [-0.25, -0.2) is 24.9 Å². The third-order valence-corrected chi connectivity index (χ3v) is 23.5. The fourth-order valence-electron chi connectivity index (χ4n) is 8.57. The molecule has 1 fully saturated rings. The molecule has 0 amide bonds. The van der Waals surface area contributed by atoms with Crippen molar-refractivity contribution in [1.82, 2.24) is 39.5 Å². The van der Waals surface area contributed by atoms with Crippen LogP contribution >= 0.6 is 0 Å². The first-order valence-electron chi connectivity index (χ1n) is 23.6. The summed E-state index contributed by atoms with van der Waals surface area (Å²) >= 11 is 0. The summed E-state index contributed by atoms with van der Waals surface area (Å²) < 4.78 is 22.9. The highest BCUT2D eigenvalue weighted by atomic mass is 28.4. The molecule has 0 unspecified atom stereocenters. The molecule has 5 aromatic heterocycles. The second-order valence-electron chi connectivity index (χ2n) is 21.1. The van der Waals surface area contributed by atoms with Crippen LogP contribution in [0.1, 0.15) is 77.0 Å². The molecule has 0 aliphatic carbocycles. The van der Waals surface area contributed by atoms with Gasteiger partial charge in [0.1, 0.15) is 18.7 Å². The van der Waals surface area contributed by atoms with E-state index in [1.54, 1.807) is 6.33 Å². The van der Waals surface area contributed by atoms with Crippen molar-refractivity contribution in [3.05, 3.63) is 126 Å². The van der Waals surface area contributed by atoms with Gasteiger partial charge in [-0.3, -0.25) is 4.57 Å². The van der Waals surface area contributed by atoms with Crippen molar-refractivity contribution in [2.45, 2.75) is 103 Å². The predicted molar refractivity (Wildman–Crippen MR) is 282 cm³/mol. The van der Waals surface area contributed by atoms with Crippen LogP contribution in [-0.2, 0) is 13.6 Å². The minimum absolute atomic E-state index is 0.0291. The van der Waals surface area contributed by atoms with Crippen LogP contribution in [0.4, 0.5) is 11.5 Å². The molecule has 8 bridgehead atoms. The number of nitrogens with zero attached hydrogens (tertiary/aromatic N) is 6. The highest BCUT2D eigenvalue weighted by Gasteiger charge is 2.47. The van der Waals surface area contributed by atoms with Crippen molar-refractivity contribution in [2.24, 2.45) is 0 Å². The van der Waals surface area contributed by atoms with Gasteiger partial charge in [-0.1, -0.05) is 102 Å². The number of imidazole rings is 1. The molecule has 3 atom stereocenters. The monoisotopic (exact) mass is 939 g/mol. The summed E-state index contributed by atoms with van der Waals surface area (Å²) in [5, 5.41) is 3.81. The Kier molecular flexibility index (Phi) is 11.6. The molecular weight excluding hydrogens is 879 g/mol. The molecule has 3 N–H and O–H groups in total. The van der Waals surface area contributed by atoms with Gasteiger partial charge in [0.25, 0.3) is 0 Å². The highest BCUT2D eigenvalue weighted by Crippen LogP contribution is 2.44. The number of fused-ring (bicyclic) bond motifs is 9. The Balaban J connectivity index is 1.11. The Morgan fingerprint density at radius 1 is 0.691 bits per heavy atom. The standard InChI is InChI=1S/C54H61N9O3Si2/c1-53(2,3)67(7,8)64-31-45-44(66-68(9,10)54(4,5)6)30-46(65-45)63-33-57-50-51(55-32-56-52(50)63)62-49-42-27-25-40(60-42)47(34-17-13-11-14-18-34)38-23-21-36(58-38)29-37-22-24-39(59-37)48(35-19-15-12-16-20-35)41-26-28-43(49)61-41/h11-29,32-33,44-46,58,61H,30-31H2,1-10H3,(H,55,56,62)/t44-,45+,46+/m0/s1. The van der Waals surface area contributed by atoms with Crippen molar-refractivity contribution >= 4 is 85.7 Å². The van der Waals surface area contributed by atoms with Crippen LogP contribution in [0, 0.1) is 0 Å². The van der Waals surface area contributed by atoms with Crippen LogP contribution < -0.4 is 5.32 Å². The molecule has 68 heavy (non-hydrogen) atoms. The SMILES string of the molecule is CC(C)(C)[Si](C)(C)OC[C@H]1O[C@@H](n2cnc3c(Nc4c5nc(c(-c6ccccc6)c6ccc(cc7nc(c(-c8ccccc8)c8ccc4[nH]8)C=C7)[nH]6)C=C5)ncnc32)C[C@@H]1O[Si](C)(C)C(C)(C)C. The van der Waals surface area contributed by atoms with Gasteiger partial charge < -0.3 is 28.9 Å². The molecule has 12 nitrogen and oxygen atoms in total. The van der Waals surface area contributed by atoms with Gasteiger partial charge >= 0.3 is 0 Å². The van der Waals surface area contributed by atoms with E-state index in [1.807, 2.05) is 23.0 Å². The number of H-pyrrole nitrogens is 2. The maximum absolute atomic E-state index is 7.14. The molecule has 7 aromatic rings. The number of aromatic amines is 2. The van der Waals surface area contributed by atoms with E-state index >= 15 is 0 Å². The first kappa shape index (κ1) is 45.5. The molecule has 0 saturated carbocycles. The average Bonchev–Trinajstić information content (AvgIpc) is 4.16. The van der Waals surface area contributed by atoms with E-state index < -0.39 is 16.6 Å². The summed E-state index contributed by atoms with van der Waals surface area (Å²) in [6.07, 6.45) is 11.5. The predicted octanol–water partition coefficient (Wildman–Crippen LogP) is 13.6. The lowest BCUT2D eigenvalue weighted by molar-refractivity contribution is -0.0383. The Hall–Kier alpha value is -6.30. The number of hydrogen-bond acceptors (Lipinski definition) is 9. The zero-order chi connectivity index (χ0) is 47.6. The molecule has 348 valence electrons. The largest absolute Gasteiger partial charge is 0.414 e. The maximum atomic E-state index is 7.14. The van der Waals surface area contributed by atoms with Crippen LogP contribution in [0.2, 0.25) is 36.3 Å². The molecule has 1 saturated heterocycles. The van der Waals surface area contributed by atoms with Gasteiger partial charge in [-0.05, 0) is 102 Å². The topological polar surface area (TPSA) is 141 Å². The van der Waals surface area contributed by atoms with E-state index in [-0.39, 0.29) is 28.5 Å². The third kappa shape index (κ3) is 8.71. The Bertz CT molecular complexity index is 3210. The fourth-order valence-corrected chi connectivity index (χ4v) is 10.9. The van der Waals surface area contributed by atoms with Crippen LogP contribution in [0.3, 0.4) is 0 Å². The van der Waals surface area contributed by atoms with Gasteiger partial charge in [0.15, 0.2) is 33.6 Å². The van der Waals surface area contributed by atoms with E-state index in [0.29, 0.717) is 30.0 Å². The minimum atomic E-state index is -2.17. The Labute approximate surface area is 400 Å². The molecule has 3 aliphatic heterocycles. The van der Waals surface area contributed by atoms with Crippen molar-refractivity contribution in [2.75, 3.05) is 11.9 Å². The van der Waals surface area contributed by atoms with E-state index in [4.69, 9.17) is 38.5 Å². The number of benzene rings is 2. The molecule has 0 radical (unpaired) electrons. The number of nitrogens with one attached hydrogen (secondary N) is 3. The molecule has 0 spiro atoms. The van der Waals surface area contributed by atoms with Crippen LogP contribution in [0.15, 0.2) is 104 Å². The van der Waals surface area contributed by atoms with Crippen LogP contribution in [0.5, 0.6) is 0 Å². The number of aromatic nitrogens is 8. The third-order valence-electron chi connectivity index (χ3n) is 14.5. The molecule has 10 rings (SSSR count). The van der Waals surface area contributed by atoms with Crippen molar-refractivity contribution < 1.29 is 13.6 Å². The molecule has 3 aliphatic rings. The van der Waals surface area contributed by atoms with Gasteiger partial charge in [0, 0.05) is 34.1 Å². The Morgan fingerprint density at radius 3 is 2.00 bits per heavy atom. The fraction of sp³-hybridized carbons (Fsp3) is 0.315. The summed E-state index contributed by atoms with van der Waals surface area (Å²) in [5.41, 5.74) is 12.9. The zero-order valence-electron chi connectivity index (χ0n) is 40.7. The lowest BCUT2D eigenvalue weighted by Gasteiger charge is -2.40. The summed E-state index contributed by atoms with van der Waals surface area (Å²) in [6.45, 7) is 23.3. The van der Waals surface area contributed by atoms with Crippen molar-refractivity contribution in [1.29, 1.82) is 0 Å². The van der Waals surface area contributed by atoms with Crippen molar-refractivity contribution in [3.63, 3.8) is 0 Å². The molecule has 2 aromatic carbocycles. The van der Waals surface area contributed by atoms with E-state index in [0.717, 1.165) is 72.8 Å². The first-order chi connectivity index (χ1) is 32.4. The minimum Gasteiger partial charge on any atom is -0.414 e. The van der Waals surface area contributed by atoms with Crippen molar-refractivity contribution in [3.8, 4) is 22.3 Å². The maximum Gasteiger partial charge on any atom is 0.192 e. The van der Waals surface area contributed by atoms with Gasteiger partial charge in [0.2, 0.25) is 0 Å². The summed E-state index contributed by atoms with van der Waals surface area (Å²) in [7, 11) is -4.24. The normalized spacial score (nSPS) is 17.6. The smallest absolute Gasteiger partial charge is 0.192 e. The van der Waals surface area contributed by atoms with E-state index in [2.05, 4.69) is 186 Å². The summed E-state index contributed by atoms with van der Waals surface area (Å²) in [6, 6.07) is 31.2. The quantitative estimate of drug-likeness (QED) is 0.114. The van der Waals surface area contributed by atoms with Crippen LogP contribution in [0.25, 0.3) is 79.8 Å². The summed E-state index contributed by atoms with van der Waals surface area (Å²) in [5.74, 6) is 0.537. The second kappa shape index (κ2) is 17.3. The first-order valence-corrected chi connectivity index (χ1v) is 29.4. The molecular formula is C54H61N9O3Si2. The van der Waals surface area contributed by atoms with E-state index in [1.165, 1.54) is 0 Å². The average molecular weight is 940 g/mol. The van der Waals surface area contributed by atoms with Gasteiger partial charge in [0.05, 0.1) is 53.0 Å². The number of rotatable bonds is 10. The van der Waals surface area contributed by atoms with Gasteiger partial charge in [-0.2, -0.15) is 0 Å². The zero-order valence-corrected chi connectivity index (χ0v) is 42.7. The molecule has 14 heteroatoms. The molecule has 8 heterocycles. The van der Waals surface area contributed by atoms with Crippen LogP contribution in [-0.4, -0.2) is 74.9 Å². The lowest BCUT2D eigenvalue weighted by atomic mass is 10.0. The number of anilines is 2. The van der Waals surface area contributed by atoms with Gasteiger partial charge in [-0.15, -0.1) is 0 Å². The summed E-state index contributed by atoms with van der Waals surface area (Å²) in [4.78, 5) is 32.6. The number of hydrogen-bond donors (Lipinski definition) is 3.